The van der Waals surface area contributed by atoms with Crippen molar-refractivity contribution in [1.82, 2.24) is 0 Å². The van der Waals surface area contributed by atoms with Gasteiger partial charge in [-0.15, -0.1) is 22.7 Å². The average Bonchev–Trinajstić information content (AvgIpc) is 3.90. The number of unbranched alkanes of at least 4 members (excludes halogenated alkanes) is 6. The van der Waals surface area contributed by atoms with E-state index < -0.39 is 0 Å². The first-order chi connectivity index (χ1) is 24.3. The van der Waals surface area contributed by atoms with Crippen LogP contribution in [0.2, 0.25) is 0 Å². The summed E-state index contributed by atoms with van der Waals surface area (Å²) in [6.07, 6.45) is 22.5. The predicted octanol–water partition coefficient (Wildman–Crippen LogP) is 14.7. The van der Waals surface area contributed by atoms with E-state index in [0.29, 0.717) is 53.0 Å². The smallest absolute Gasteiger partial charge is 0.144 e. The molecule has 2 nitrogen and oxygen atoms in total. The summed E-state index contributed by atoms with van der Waals surface area (Å²) in [7, 11) is 0. The maximum Gasteiger partial charge on any atom is 0.144 e. The fraction of sp³-hybridized carbons (Fsp3) is 0.773. The summed E-state index contributed by atoms with van der Waals surface area (Å²) in [6.45, 7) is 9.45. The van der Waals surface area contributed by atoms with Gasteiger partial charge in [-0.3, -0.25) is 9.59 Å². The van der Waals surface area contributed by atoms with Crippen LogP contribution in [0.15, 0.2) is 31.8 Å². The molecular weight excluding hydrogens is 784 g/mol. The van der Waals surface area contributed by atoms with Gasteiger partial charge in [0.05, 0.1) is 19.4 Å². The number of Topliss-reactive ketones (excluding diaryl/α,β-unsaturated/α-hetero) is 2. The van der Waals surface area contributed by atoms with E-state index in [0.717, 1.165) is 32.8 Å². The summed E-state index contributed by atoms with van der Waals surface area (Å²) in [5, 5.41) is 0. The molecule has 0 saturated heterocycles. The van der Waals surface area contributed by atoms with Gasteiger partial charge in [0.25, 0.3) is 0 Å². The Kier molecular flexibility index (Phi) is 14.5. The standard InChI is InChI=1S/C44H64Br2O2S2/c1-5-9-11-13-15-27(7-3)21-31-33-25-30-29(24-36(43(30)47)38-17-19-40(45)49-38)23-32(33)34(22-28(8-4)16-14-12-10-6-2)42-35(31)26-37(44(42)48)39-18-20-41(46)50-39/h17-20,27-37,42H,5-16,21-26H2,1-4H3. The molecule has 4 aliphatic carbocycles. The van der Waals surface area contributed by atoms with Crippen LogP contribution in [0.1, 0.15) is 165 Å². The molecule has 4 fully saturated rings. The zero-order valence-corrected chi connectivity index (χ0v) is 36.2. The summed E-state index contributed by atoms with van der Waals surface area (Å²) in [5.74, 6) is 6.29. The van der Waals surface area contributed by atoms with Crippen LogP contribution in [0, 0.1) is 59.2 Å². The van der Waals surface area contributed by atoms with Gasteiger partial charge in [-0.1, -0.05) is 105 Å². The second-order valence-corrected chi connectivity index (χ2v) is 22.1. The van der Waals surface area contributed by atoms with Crippen molar-refractivity contribution in [3.8, 4) is 0 Å². The molecule has 12 atom stereocenters. The second-order valence-electron chi connectivity index (χ2n) is 17.1. The largest absolute Gasteiger partial charge is 0.299 e. The average molecular weight is 849 g/mol. The number of hydrogen-bond donors (Lipinski definition) is 0. The van der Waals surface area contributed by atoms with E-state index >= 15 is 4.79 Å². The molecule has 6 rings (SSSR count). The maximum absolute atomic E-state index is 15.0. The number of hydrogen-bond acceptors (Lipinski definition) is 4. The number of carbonyl (C=O) groups is 2. The predicted molar refractivity (Wildman–Crippen MR) is 220 cm³/mol. The molecule has 2 heterocycles. The Morgan fingerprint density at radius 3 is 1.68 bits per heavy atom. The zero-order valence-electron chi connectivity index (χ0n) is 31.4. The lowest BCUT2D eigenvalue weighted by Gasteiger charge is -2.55. The number of rotatable bonds is 18. The maximum atomic E-state index is 15.0. The molecular formula is C44H64Br2O2S2. The van der Waals surface area contributed by atoms with E-state index in [1.54, 1.807) is 22.7 Å². The number of fused-ring (bicyclic) bond motifs is 3. The van der Waals surface area contributed by atoms with Crippen LogP contribution in [0.5, 0.6) is 0 Å². The summed E-state index contributed by atoms with van der Waals surface area (Å²) >= 11 is 11.0. The van der Waals surface area contributed by atoms with Crippen molar-refractivity contribution in [2.24, 2.45) is 59.2 Å². The summed E-state index contributed by atoms with van der Waals surface area (Å²) in [4.78, 5) is 31.9. The van der Waals surface area contributed by atoms with E-state index in [9.17, 15) is 4.79 Å². The minimum atomic E-state index is 0.0588. The number of thiophene rings is 2. The lowest BCUT2D eigenvalue weighted by molar-refractivity contribution is -0.136. The Bertz CT molecular complexity index is 1400. The molecule has 12 unspecified atom stereocenters. The molecule has 0 bridgehead atoms. The second kappa shape index (κ2) is 18.4. The monoisotopic (exact) mass is 846 g/mol. The van der Waals surface area contributed by atoms with Crippen molar-refractivity contribution in [2.75, 3.05) is 0 Å². The highest BCUT2D eigenvalue weighted by molar-refractivity contribution is 9.11. The summed E-state index contributed by atoms with van der Waals surface area (Å²) in [5.41, 5.74) is 0. The molecule has 4 saturated carbocycles. The van der Waals surface area contributed by atoms with Crippen molar-refractivity contribution in [2.45, 2.75) is 155 Å². The number of ketones is 2. The third-order valence-electron chi connectivity index (χ3n) is 14.4. The van der Waals surface area contributed by atoms with Crippen LogP contribution in [0.3, 0.4) is 0 Å². The quantitative estimate of drug-likeness (QED) is 0.140. The van der Waals surface area contributed by atoms with Crippen LogP contribution in [0.25, 0.3) is 0 Å². The van der Waals surface area contributed by atoms with E-state index in [4.69, 9.17) is 0 Å². The Balaban J connectivity index is 1.34. The molecule has 0 aromatic carbocycles. The highest BCUT2D eigenvalue weighted by Crippen LogP contribution is 2.65. The van der Waals surface area contributed by atoms with Gasteiger partial charge in [-0.2, -0.15) is 0 Å². The van der Waals surface area contributed by atoms with Gasteiger partial charge in [0.1, 0.15) is 11.6 Å². The van der Waals surface area contributed by atoms with Gasteiger partial charge in [-0.25, -0.2) is 0 Å². The van der Waals surface area contributed by atoms with Crippen LogP contribution in [0.4, 0.5) is 0 Å². The first-order valence-corrected chi connectivity index (χ1v) is 24.1. The first-order valence-electron chi connectivity index (χ1n) is 20.8. The van der Waals surface area contributed by atoms with Gasteiger partial charge >= 0.3 is 0 Å². The van der Waals surface area contributed by atoms with Gasteiger partial charge < -0.3 is 0 Å². The van der Waals surface area contributed by atoms with Crippen LogP contribution >= 0.6 is 54.5 Å². The van der Waals surface area contributed by atoms with E-state index in [1.807, 2.05) is 0 Å². The van der Waals surface area contributed by atoms with E-state index in [1.165, 1.54) is 106 Å². The highest BCUT2D eigenvalue weighted by atomic mass is 79.9. The molecule has 0 amide bonds. The van der Waals surface area contributed by atoms with Crippen molar-refractivity contribution >= 4 is 66.1 Å². The van der Waals surface area contributed by atoms with Crippen LogP contribution in [-0.2, 0) is 9.59 Å². The molecule has 4 aliphatic rings. The van der Waals surface area contributed by atoms with E-state index in [2.05, 4.69) is 83.8 Å². The van der Waals surface area contributed by atoms with Crippen molar-refractivity contribution in [3.63, 3.8) is 0 Å². The molecule has 278 valence electrons. The molecule has 6 heteroatoms. The molecule has 50 heavy (non-hydrogen) atoms. The molecule has 0 aliphatic heterocycles. The molecule has 0 radical (unpaired) electrons. The lowest BCUT2D eigenvalue weighted by Crippen LogP contribution is -2.51. The van der Waals surface area contributed by atoms with Crippen LogP contribution in [-0.4, -0.2) is 11.6 Å². The molecule has 0 N–H and O–H groups in total. The molecule has 2 aromatic heterocycles. The fourth-order valence-corrected chi connectivity index (χ4v) is 14.9. The Morgan fingerprint density at radius 1 is 0.620 bits per heavy atom. The minimum Gasteiger partial charge on any atom is -0.299 e. The summed E-state index contributed by atoms with van der Waals surface area (Å²) in [6, 6.07) is 8.73. The number of halogens is 2. The van der Waals surface area contributed by atoms with Crippen molar-refractivity contribution < 1.29 is 9.59 Å². The fourth-order valence-electron chi connectivity index (χ4n) is 11.8. The third kappa shape index (κ3) is 8.64. The van der Waals surface area contributed by atoms with Gasteiger partial charge in [0.15, 0.2) is 0 Å². The van der Waals surface area contributed by atoms with Gasteiger partial charge in [0.2, 0.25) is 0 Å². The van der Waals surface area contributed by atoms with Crippen molar-refractivity contribution in [3.05, 3.63) is 41.6 Å². The van der Waals surface area contributed by atoms with Gasteiger partial charge in [-0.05, 0) is 142 Å². The Morgan fingerprint density at radius 2 is 1.16 bits per heavy atom. The number of carbonyl (C=O) groups excluding carboxylic acids is 2. The molecule has 2 aromatic rings. The zero-order chi connectivity index (χ0) is 35.4. The highest BCUT2D eigenvalue weighted by Gasteiger charge is 2.61. The lowest BCUT2D eigenvalue weighted by atomic mass is 9.49. The Hall–Kier alpha value is -0.300. The topological polar surface area (TPSA) is 34.1 Å². The molecule has 0 spiro atoms. The van der Waals surface area contributed by atoms with Crippen molar-refractivity contribution in [1.29, 1.82) is 0 Å². The SMILES string of the molecule is CCCCCCC(CC)CC1C2CC3C(=O)C(c4ccc(Br)s4)CC3CC2C(CC(CC)CCCCCC)C2C(=O)C(c3ccc(Br)s3)CC12. The van der Waals surface area contributed by atoms with E-state index in [-0.39, 0.29) is 23.7 Å². The first kappa shape index (κ1) is 39.4. The third-order valence-corrected chi connectivity index (χ3v) is 17.9. The summed E-state index contributed by atoms with van der Waals surface area (Å²) < 4.78 is 2.28. The normalized spacial score (nSPS) is 33.3. The van der Waals surface area contributed by atoms with Crippen LogP contribution < -0.4 is 0 Å². The minimum absolute atomic E-state index is 0.0588. The Labute approximate surface area is 329 Å². The van der Waals surface area contributed by atoms with Gasteiger partial charge in [0, 0.05) is 21.6 Å².